The van der Waals surface area contributed by atoms with Crippen molar-refractivity contribution >= 4 is 11.0 Å². The van der Waals surface area contributed by atoms with E-state index in [4.69, 9.17) is 16.8 Å². The number of benzene rings is 6. The zero-order valence-electron chi connectivity index (χ0n) is 47.9. The molecule has 0 saturated heterocycles. The molecule has 65 heavy (non-hydrogen) atoms. The van der Waals surface area contributed by atoms with Crippen LogP contribution < -0.4 is 0 Å². The van der Waals surface area contributed by atoms with Gasteiger partial charge in [-0.2, -0.15) is 0 Å². The minimum absolute atomic E-state index is 0.0493. The number of hydrogen-bond acceptors (Lipinski definition) is 3. The number of aromatic nitrogens is 3. The van der Waals surface area contributed by atoms with Crippen LogP contribution in [-0.4, -0.2) is 19.6 Å². The van der Waals surface area contributed by atoms with Gasteiger partial charge in [0, 0.05) is 21.4 Å². The lowest BCUT2D eigenvalue weighted by molar-refractivity contribution is 0.426. The predicted octanol–water partition coefficient (Wildman–Crippen LogP) is 16.8. The van der Waals surface area contributed by atoms with Crippen LogP contribution in [0.1, 0.15) is 132 Å². The van der Waals surface area contributed by atoms with E-state index in [0.717, 1.165) is 64.6 Å². The Kier molecular flexibility index (Phi) is 9.76. The zero-order chi connectivity index (χ0) is 53.3. The van der Waals surface area contributed by atoms with Gasteiger partial charge in [-0.15, -0.1) is 0 Å². The molecule has 0 unspecified atom stereocenters. The number of aryl methyl sites for hydroxylation is 3. The van der Waals surface area contributed by atoms with E-state index >= 15 is 0 Å². The minimum atomic E-state index is -2.57. The molecular weight excluding hydrogens is 791 g/mol. The van der Waals surface area contributed by atoms with Crippen molar-refractivity contribution in [2.45, 2.75) is 125 Å². The molecule has 0 amide bonds. The third-order valence-corrected chi connectivity index (χ3v) is 14.3. The molecule has 0 radical (unpaired) electrons. The molecule has 0 fully saturated rings. The van der Waals surface area contributed by atoms with Crippen LogP contribution in [0.2, 0.25) is 0 Å². The maximum atomic E-state index is 11.9. The average Bonchev–Trinajstić information content (AvgIpc) is 3.76. The van der Waals surface area contributed by atoms with Gasteiger partial charge in [-0.25, -0.2) is 4.98 Å². The van der Waals surface area contributed by atoms with Gasteiger partial charge in [-0.3, -0.25) is 9.55 Å². The van der Waals surface area contributed by atoms with Gasteiger partial charge >= 0.3 is 0 Å². The molecule has 1 N–H and O–H groups in total. The van der Waals surface area contributed by atoms with Crippen molar-refractivity contribution in [2.24, 2.45) is 0 Å². The van der Waals surface area contributed by atoms with Gasteiger partial charge in [-0.05, 0) is 172 Å². The number of phenolic OH excluding ortho intramolecular Hbond substituents is 1. The number of rotatable bonds is 12. The van der Waals surface area contributed by atoms with Crippen LogP contribution in [0, 0.1) is 20.7 Å². The van der Waals surface area contributed by atoms with Crippen molar-refractivity contribution in [3.05, 3.63) is 167 Å². The fourth-order valence-corrected chi connectivity index (χ4v) is 9.41. The van der Waals surface area contributed by atoms with E-state index in [2.05, 4.69) is 98.7 Å². The Morgan fingerprint density at radius 3 is 1.94 bits per heavy atom. The van der Waals surface area contributed by atoms with Crippen molar-refractivity contribution < 1.29 is 16.1 Å². The van der Waals surface area contributed by atoms with E-state index in [1.54, 1.807) is 18.3 Å². The highest BCUT2D eigenvalue weighted by Crippen LogP contribution is 2.47. The molecule has 0 aliphatic heterocycles. The van der Waals surface area contributed by atoms with Crippen molar-refractivity contribution in [2.75, 3.05) is 0 Å². The van der Waals surface area contributed by atoms with Crippen LogP contribution in [0.3, 0.4) is 0 Å². The second-order valence-corrected chi connectivity index (χ2v) is 19.4. The molecule has 0 spiro atoms. The van der Waals surface area contributed by atoms with E-state index in [-0.39, 0.29) is 45.2 Å². The summed E-state index contributed by atoms with van der Waals surface area (Å²) >= 11 is 0. The summed E-state index contributed by atoms with van der Waals surface area (Å²) in [7, 11) is 0. The predicted molar refractivity (Wildman–Crippen MR) is 276 cm³/mol. The van der Waals surface area contributed by atoms with Gasteiger partial charge < -0.3 is 5.11 Å². The first kappa shape index (κ1) is 36.0. The molecule has 0 bridgehead atoms. The summed E-state index contributed by atoms with van der Waals surface area (Å²) in [5.74, 6) is 0.439. The van der Waals surface area contributed by atoms with Gasteiger partial charge in [0.25, 0.3) is 0 Å². The number of para-hydroxylation sites is 1. The summed E-state index contributed by atoms with van der Waals surface area (Å²) < 4.78 is 71.9. The Bertz CT molecular complexity index is 3380. The van der Waals surface area contributed by atoms with Gasteiger partial charge in [0.15, 0.2) is 0 Å². The maximum absolute atomic E-state index is 11.9. The first-order chi connectivity index (χ1) is 34.3. The third kappa shape index (κ3) is 8.33. The number of fused-ring (bicyclic) bond motifs is 1. The Morgan fingerprint density at radius 2 is 1.29 bits per heavy atom. The molecule has 2 aromatic heterocycles. The highest BCUT2D eigenvalue weighted by molar-refractivity contribution is 5.97. The second-order valence-electron chi connectivity index (χ2n) is 19.4. The SMILES string of the molecule is [2H]c1c([2H])c([2H])c(-c2ccnc(-c3cc(-c4cccc5c4nc(-c4cc(C)cc(C)c4O)n5-c4ccc(-c5c(C(C)(CC)CC)cccc5C(C)(CC)CC)cc4C([2H])([2H])[2H])cc(C(C)(C)C)c3)c2)c([2H])c1[2H]. The molecule has 4 nitrogen and oxygen atoms in total. The molecule has 6 aromatic carbocycles. The maximum Gasteiger partial charge on any atom is 0.149 e. The monoisotopic (exact) mass is 866 g/mol. The van der Waals surface area contributed by atoms with Crippen LogP contribution in [0.15, 0.2) is 133 Å². The fourth-order valence-electron chi connectivity index (χ4n) is 9.41. The molecule has 0 aliphatic rings. The summed E-state index contributed by atoms with van der Waals surface area (Å²) in [5.41, 5.74) is 11.9. The Hall–Kier alpha value is -6.26. The minimum Gasteiger partial charge on any atom is -0.507 e. The molecule has 8 aromatic rings. The Morgan fingerprint density at radius 1 is 0.631 bits per heavy atom. The lowest BCUT2D eigenvalue weighted by Crippen LogP contribution is -2.25. The molecular formula is C61H67N3O. The topological polar surface area (TPSA) is 50.9 Å². The molecule has 0 saturated carbocycles. The van der Waals surface area contributed by atoms with Crippen LogP contribution in [0.5, 0.6) is 5.75 Å². The number of aromatic hydroxyl groups is 1. The molecule has 332 valence electrons. The van der Waals surface area contributed by atoms with Gasteiger partial charge in [0.05, 0.1) is 34.8 Å². The van der Waals surface area contributed by atoms with Crippen molar-refractivity contribution in [3.63, 3.8) is 0 Å². The molecule has 8 rings (SSSR count). The Labute approximate surface area is 399 Å². The average molecular weight is 866 g/mol. The number of phenols is 1. The smallest absolute Gasteiger partial charge is 0.149 e. The van der Waals surface area contributed by atoms with Crippen molar-refractivity contribution in [1.82, 2.24) is 14.5 Å². The standard InChI is InChI=1S/C61H67N3O/c1-13-60(11,14-2)50-25-21-26-51(61(12,15-3)16-4)55(50)44-28-29-53(40(6)34-44)64-54-27-20-24-48(56(54)63-58(64)49-33-39(5)32-41(7)57(49)65)45-35-46(37-47(36-45)59(8,9)10)52-38-43(30-31-62-52)42-22-18-17-19-23-42/h17-38,65H,13-16H2,1-12H3/i6D3,17D,18D,19D,22D,23D. The second kappa shape index (κ2) is 17.6. The number of pyridine rings is 1. The van der Waals surface area contributed by atoms with Gasteiger partial charge in [0.1, 0.15) is 11.6 Å². The lowest BCUT2D eigenvalue weighted by atomic mass is 9.68. The summed E-state index contributed by atoms with van der Waals surface area (Å²) in [6.45, 7) is 21.1. The van der Waals surface area contributed by atoms with E-state index < -0.39 is 25.0 Å². The quantitative estimate of drug-likeness (QED) is 0.133. The number of hydrogen-bond donors (Lipinski definition) is 1. The molecule has 0 aliphatic carbocycles. The van der Waals surface area contributed by atoms with Gasteiger partial charge in [0.2, 0.25) is 0 Å². The van der Waals surface area contributed by atoms with E-state index in [1.165, 1.54) is 11.1 Å². The van der Waals surface area contributed by atoms with E-state index in [9.17, 15) is 9.22 Å². The number of imidazole rings is 1. The first-order valence-electron chi connectivity index (χ1n) is 27.1. The highest BCUT2D eigenvalue weighted by atomic mass is 16.3. The summed E-state index contributed by atoms with van der Waals surface area (Å²) in [6, 6.07) is 29.9. The normalized spacial score (nSPS) is 14.3. The fraction of sp³-hybridized carbons (Fsp3) is 0.311. The molecule has 2 heterocycles. The first-order valence-corrected chi connectivity index (χ1v) is 23.1. The molecule has 4 heteroatoms. The van der Waals surface area contributed by atoms with Crippen LogP contribution >= 0.6 is 0 Å². The van der Waals surface area contributed by atoms with Crippen molar-refractivity contribution in [1.29, 1.82) is 0 Å². The lowest BCUT2D eigenvalue weighted by Gasteiger charge is -2.36. The highest BCUT2D eigenvalue weighted by Gasteiger charge is 2.33. The number of nitrogens with zero attached hydrogens (tertiary/aromatic N) is 3. The molecule has 0 atom stereocenters. The van der Waals surface area contributed by atoms with E-state index in [0.29, 0.717) is 44.9 Å². The van der Waals surface area contributed by atoms with Crippen LogP contribution in [-0.2, 0) is 16.2 Å². The summed E-state index contributed by atoms with van der Waals surface area (Å²) in [6.07, 6.45) is 5.24. The van der Waals surface area contributed by atoms with Gasteiger partial charge in [-0.1, -0.05) is 141 Å². The summed E-state index contributed by atoms with van der Waals surface area (Å²) in [4.78, 5) is 10.2. The van der Waals surface area contributed by atoms with E-state index in [1.807, 2.05) is 66.9 Å². The van der Waals surface area contributed by atoms with Crippen molar-refractivity contribution in [3.8, 4) is 67.5 Å². The largest absolute Gasteiger partial charge is 0.507 e. The van der Waals surface area contributed by atoms with Crippen LogP contribution in [0.25, 0.3) is 72.7 Å². The Balaban J connectivity index is 1.43. The van der Waals surface area contributed by atoms with Crippen LogP contribution in [0.4, 0.5) is 0 Å². The third-order valence-electron chi connectivity index (χ3n) is 14.3. The zero-order valence-corrected chi connectivity index (χ0v) is 39.9. The summed E-state index contributed by atoms with van der Waals surface area (Å²) in [5, 5.41) is 11.9.